The first-order chi connectivity index (χ1) is 14.0. The highest BCUT2D eigenvalue weighted by atomic mass is 16.5. The van der Waals surface area contributed by atoms with Gasteiger partial charge in [0.25, 0.3) is 11.8 Å². The molecule has 1 aromatic heterocycles. The van der Waals surface area contributed by atoms with Crippen molar-refractivity contribution in [2.75, 3.05) is 26.2 Å². The van der Waals surface area contributed by atoms with Gasteiger partial charge in [-0.2, -0.15) is 0 Å². The number of hydrogen-bond donors (Lipinski definition) is 1. The summed E-state index contributed by atoms with van der Waals surface area (Å²) in [5.41, 5.74) is 1.01. The van der Waals surface area contributed by atoms with Crippen molar-refractivity contribution < 1.29 is 14.3 Å². The fourth-order valence-corrected chi connectivity index (χ4v) is 4.38. The molecule has 7 heteroatoms. The molecule has 2 aliphatic rings. The third kappa shape index (κ3) is 4.50. The number of imidazole rings is 1. The first-order valence-electron chi connectivity index (χ1n) is 10.3. The number of amides is 2. The first kappa shape index (κ1) is 19.6. The minimum Gasteiger partial charge on any atom is -0.375 e. The molecule has 2 amide bonds. The Bertz CT molecular complexity index is 856. The Balaban J connectivity index is 1.29. The number of hydrogen-bond acceptors (Lipinski definition) is 4. The van der Waals surface area contributed by atoms with Gasteiger partial charge in [0, 0.05) is 45.0 Å². The highest BCUT2D eigenvalue weighted by molar-refractivity contribution is 5.94. The summed E-state index contributed by atoms with van der Waals surface area (Å²) in [6.45, 7) is 2.73. The molecule has 154 valence electrons. The lowest BCUT2D eigenvalue weighted by Crippen LogP contribution is -2.51. The standard InChI is InChI=1S/C22H28N4O3/c1-25-15-19(24-16-25)21(28)26-10-8-22(9-11-26)13-17(7-12-29-22)14-23-20(27)18-5-3-2-4-6-18/h2-6,15-17H,7-14H2,1H3,(H,23,27). The predicted molar refractivity (Wildman–Crippen MR) is 109 cm³/mol. The largest absolute Gasteiger partial charge is 0.375 e. The zero-order valence-corrected chi connectivity index (χ0v) is 16.8. The molecule has 0 radical (unpaired) electrons. The Morgan fingerprint density at radius 1 is 1.24 bits per heavy atom. The molecule has 1 atom stereocenters. The molecule has 2 fully saturated rings. The van der Waals surface area contributed by atoms with E-state index < -0.39 is 0 Å². The summed E-state index contributed by atoms with van der Waals surface area (Å²) in [4.78, 5) is 31.0. The molecule has 0 aliphatic carbocycles. The second-order valence-corrected chi connectivity index (χ2v) is 8.18. The molecule has 29 heavy (non-hydrogen) atoms. The summed E-state index contributed by atoms with van der Waals surface area (Å²) in [6.07, 6.45) is 6.94. The van der Waals surface area contributed by atoms with Gasteiger partial charge < -0.3 is 19.5 Å². The van der Waals surface area contributed by atoms with Crippen LogP contribution in [0, 0.1) is 5.92 Å². The lowest BCUT2D eigenvalue weighted by atomic mass is 9.79. The third-order valence-corrected chi connectivity index (χ3v) is 6.07. The minimum absolute atomic E-state index is 0.0112. The summed E-state index contributed by atoms with van der Waals surface area (Å²) in [5, 5.41) is 3.07. The van der Waals surface area contributed by atoms with Crippen LogP contribution in [0.2, 0.25) is 0 Å². The van der Waals surface area contributed by atoms with E-state index in [1.807, 2.05) is 42.3 Å². The van der Waals surface area contributed by atoms with Gasteiger partial charge in [0.2, 0.25) is 0 Å². The molecule has 1 spiro atoms. The lowest BCUT2D eigenvalue weighted by molar-refractivity contribution is -0.122. The first-order valence-corrected chi connectivity index (χ1v) is 10.3. The van der Waals surface area contributed by atoms with Gasteiger partial charge in [0.15, 0.2) is 0 Å². The predicted octanol–water partition coefficient (Wildman–Crippen LogP) is 2.25. The second kappa shape index (κ2) is 8.37. The van der Waals surface area contributed by atoms with E-state index in [0.717, 1.165) is 25.7 Å². The van der Waals surface area contributed by atoms with Crippen molar-refractivity contribution in [2.24, 2.45) is 13.0 Å². The summed E-state index contributed by atoms with van der Waals surface area (Å²) < 4.78 is 7.98. The van der Waals surface area contributed by atoms with Gasteiger partial charge in [-0.3, -0.25) is 9.59 Å². The van der Waals surface area contributed by atoms with Crippen LogP contribution in [0.15, 0.2) is 42.9 Å². The van der Waals surface area contributed by atoms with Crippen molar-refractivity contribution in [1.29, 1.82) is 0 Å². The highest BCUT2D eigenvalue weighted by Crippen LogP contribution is 2.37. The van der Waals surface area contributed by atoms with Crippen LogP contribution in [-0.4, -0.2) is 58.1 Å². The number of ether oxygens (including phenoxy) is 1. The van der Waals surface area contributed by atoms with Crippen LogP contribution >= 0.6 is 0 Å². The van der Waals surface area contributed by atoms with Crippen LogP contribution in [-0.2, 0) is 11.8 Å². The third-order valence-electron chi connectivity index (χ3n) is 6.07. The van der Waals surface area contributed by atoms with E-state index >= 15 is 0 Å². The van der Waals surface area contributed by atoms with E-state index in [-0.39, 0.29) is 17.4 Å². The fraction of sp³-hybridized carbons (Fsp3) is 0.500. The van der Waals surface area contributed by atoms with Gasteiger partial charge in [-0.15, -0.1) is 0 Å². The molecule has 2 saturated heterocycles. The van der Waals surface area contributed by atoms with Crippen molar-refractivity contribution in [1.82, 2.24) is 19.8 Å². The Hall–Kier alpha value is -2.67. The molecule has 1 unspecified atom stereocenters. The normalized spacial score (nSPS) is 21.1. The summed E-state index contributed by atoms with van der Waals surface area (Å²) in [6, 6.07) is 9.31. The van der Waals surface area contributed by atoms with E-state index in [2.05, 4.69) is 10.3 Å². The fourth-order valence-electron chi connectivity index (χ4n) is 4.38. The van der Waals surface area contributed by atoms with Crippen LogP contribution in [0.3, 0.4) is 0 Å². The molecule has 2 aliphatic heterocycles. The summed E-state index contributed by atoms with van der Waals surface area (Å²) in [7, 11) is 1.86. The lowest BCUT2D eigenvalue weighted by Gasteiger charge is -2.46. The highest BCUT2D eigenvalue weighted by Gasteiger charge is 2.41. The number of carbonyl (C=O) groups is 2. The molecule has 2 aromatic rings. The molecule has 1 N–H and O–H groups in total. The maximum atomic E-state index is 12.6. The molecule has 1 aromatic carbocycles. The molecule has 4 rings (SSSR count). The number of likely N-dealkylation sites (tertiary alicyclic amines) is 1. The number of benzene rings is 1. The van der Waals surface area contributed by atoms with Crippen LogP contribution in [0.5, 0.6) is 0 Å². The average molecular weight is 396 g/mol. The Morgan fingerprint density at radius 2 is 2.00 bits per heavy atom. The number of nitrogens with zero attached hydrogens (tertiary/aromatic N) is 3. The van der Waals surface area contributed by atoms with Crippen LogP contribution in [0.25, 0.3) is 0 Å². The van der Waals surface area contributed by atoms with Crippen molar-refractivity contribution in [3.05, 3.63) is 54.1 Å². The average Bonchev–Trinajstić information content (AvgIpc) is 3.19. The van der Waals surface area contributed by atoms with Gasteiger partial charge in [0.05, 0.1) is 11.9 Å². The van der Waals surface area contributed by atoms with Gasteiger partial charge in [-0.05, 0) is 43.7 Å². The van der Waals surface area contributed by atoms with E-state index in [0.29, 0.717) is 43.4 Å². The van der Waals surface area contributed by atoms with E-state index in [1.54, 1.807) is 17.1 Å². The van der Waals surface area contributed by atoms with Crippen molar-refractivity contribution in [3.63, 3.8) is 0 Å². The summed E-state index contributed by atoms with van der Waals surface area (Å²) >= 11 is 0. The Morgan fingerprint density at radius 3 is 2.69 bits per heavy atom. The maximum Gasteiger partial charge on any atom is 0.274 e. The number of aromatic nitrogens is 2. The van der Waals surface area contributed by atoms with E-state index in [4.69, 9.17) is 4.74 Å². The monoisotopic (exact) mass is 396 g/mol. The van der Waals surface area contributed by atoms with Crippen LogP contribution in [0.1, 0.15) is 46.5 Å². The number of carbonyl (C=O) groups excluding carboxylic acids is 2. The van der Waals surface area contributed by atoms with Crippen LogP contribution < -0.4 is 5.32 Å². The molecule has 0 saturated carbocycles. The van der Waals surface area contributed by atoms with Crippen molar-refractivity contribution in [3.8, 4) is 0 Å². The second-order valence-electron chi connectivity index (χ2n) is 8.18. The Kier molecular flexibility index (Phi) is 5.67. The molecule has 0 bridgehead atoms. The molecule has 3 heterocycles. The van der Waals surface area contributed by atoms with Gasteiger partial charge in [0.1, 0.15) is 5.69 Å². The maximum absolute atomic E-state index is 12.6. The van der Waals surface area contributed by atoms with Crippen molar-refractivity contribution >= 4 is 11.8 Å². The smallest absolute Gasteiger partial charge is 0.274 e. The summed E-state index contributed by atoms with van der Waals surface area (Å²) in [5.74, 6) is 0.360. The zero-order valence-electron chi connectivity index (χ0n) is 16.8. The van der Waals surface area contributed by atoms with Gasteiger partial charge in [-0.1, -0.05) is 18.2 Å². The van der Waals surface area contributed by atoms with E-state index in [1.165, 1.54) is 0 Å². The van der Waals surface area contributed by atoms with Crippen LogP contribution in [0.4, 0.5) is 0 Å². The van der Waals surface area contributed by atoms with Gasteiger partial charge >= 0.3 is 0 Å². The molecular formula is C22H28N4O3. The number of rotatable bonds is 4. The quantitative estimate of drug-likeness (QED) is 0.860. The number of aryl methyl sites for hydroxylation is 1. The van der Waals surface area contributed by atoms with E-state index in [9.17, 15) is 9.59 Å². The zero-order chi connectivity index (χ0) is 20.3. The Labute approximate surface area is 171 Å². The topological polar surface area (TPSA) is 76.5 Å². The molecular weight excluding hydrogens is 368 g/mol. The SMILES string of the molecule is Cn1cnc(C(=O)N2CCC3(CC2)CC(CNC(=O)c2ccccc2)CCO3)c1. The van der Waals surface area contributed by atoms with Gasteiger partial charge in [-0.25, -0.2) is 4.98 Å². The minimum atomic E-state index is -0.179. The van der Waals surface area contributed by atoms with Crippen molar-refractivity contribution in [2.45, 2.75) is 31.3 Å². The number of piperidine rings is 1. The number of nitrogens with one attached hydrogen (secondary N) is 1. The molecule has 7 nitrogen and oxygen atoms in total.